The summed E-state index contributed by atoms with van der Waals surface area (Å²) in [7, 11) is 0. The van der Waals surface area contributed by atoms with Crippen LogP contribution in [0.4, 0.5) is 0 Å². The van der Waals surface area contributed by atoms with Crippen LogP contribution in [0.3, 0.4) is 0 Å². The largest absolute Gasteiger partial charge is 0.172 e. The average molecular weight is 699 g/mol. The third kappa shape index (κ3) is 4.43. The van der Waals surface area contributed by atoms with Crippen LogP contribution in [0.1, 0.15) is 55.9 Å². The van der Waals surface area contributed by atoms with E-state index in [1.54, 1.807) is 0 Å². The average Bonchev–Trinajstić information content (AvgIpc) is 3.93. The maximum atomic E-state index is 4.84. The van der Waals surface area contributed by atoms with Crippen LogP contribution in [0.5, 0.6) is 0 Å². The first-order chi connectivity index (χ1) is 24.3. The van der Waals surface area contributed by atoms with Gasteiger partial charge in [-0.2, -0.15) is 8.75 Å². The highest BCUT2D eigenvalue weighted by atomic mass is 32.1. The minimum absolute atomic E-state index is 0.0139. The molecule has 3 heterocycles. The number of thiophene rings is 2. The molecule has 0 spiro atoms. The molecule has 1 atom stereocenters. The Labute approximate surface area is 305 Å². The fraction of sp³-hybridized carbons (Fsp3) is 0.156. The van der Waals surface area contributed by atoms with Crippen LogP contribution in [0.15, 0.2) is 133 Å². The zero-order chi connectivity index (χ0) is 33.8. The Morgan fingerprint density at radius 1 is 0.540 bits per heavy atom. The zero-order valence-corrected chi connectivity index (χ0v) is 30.8. The lowest BCUT2D eigenvalue weighted by Gasteiger charge is -2.35. The molecule has 0 amide bonds. The third-order valence-electron chi connectivity index (χ3n) is 11.2. The van der Waals surface area contributed by atoms with Crippen molar-refractivity contribution < 1.29 is 0 Å². The lowest BCUT2D eigenvalue weighted by atomic mass is 9.68. The Balaban J connectivity index is 0.975. The smallest absolute Gasteiger partial charge is 0.114 e. The summed E-state index contributed by atoms with van der Waals surface area (Å²) >= 11 is 4.98. The number of hydrogen-bond acceptors (Lipinski definition) is 5. The molecule has 3 aliphatic rings. The van der Waals surface area contributed by atoms with Gasteiger partial charge >= 0.3 is 0 Å². The lowest BCUT2D eigenvalue weighted by molar-refractivity contribution is 0.611. The van der Waals surface area contributed by atoms with Gasteiger partial charge in [-0.05, 0) is 86.5 Å². The molecule has 5 heteroatoms. The van der Waals surface area contributed by atoms with Crippen LogP contribution in [0, 0.1) is 0 Å². The van der Waals surface area contributed by atoms with Crippen molar-refractivity contribution in [3.63, 3.8) is 0 Å². The molecule has 2 bridgehead atoms. The van der Waals surface area contributed by atoms with E-state index in [1.807, 2.05) is 22.7 Å². The molecular weight excluding hydrogens is 665 g/mol. The zero-order valence-electron chi connectivity index (χ0n) is 28.3. The summed E-state index contributed by atoms with van der Waals surface area (Å²) in [5.41, 5.74) is 16.5. The molecule has 1 unspecified atom stereocenters. The molecule has 7 aromatic rings. The van der Waals surface area contributed by atoms with Crippen LogP contribution in [0.25, 0.3) is 63.9 Å². The van der Waals surface area contributed by atoms with E-state index in [9.17, 15) is 0 Å². The number of benzene rings is 4. The van der Waals surface area contributed by atoms with Gasteiger partial charge in [-0.25, -0.2) is 0 Å². The molecule has 0 saturated carbocycles. The SMILES string of the molecule is CC1(C)C2=CC(C=CC=C2)c2ccc(-c3ccc(-c4ccc(-c5ccc(-c6ccc7c(c6)C(C)(C)c6ccccc6-7)s5)c5nsnc45)s3)cc21. The van der Waals surface area contributed by atoms with Crippen molar-refractivity contribution in [2.45, 2.75) is 44.4 Å². The van der Waals surface area contributed by atoms with E-state index >= 15 is 0 Å². The number of rotatable bonds is 4. The summed E-state index contributed by atoms with van der Waals surface area (Å²) < 4.78 is 9.69. The monoisotopic (exact) mass is 698 g/mol. The van der Waals surface area contributed by atoms with Crippen LogP contribution >= 0.6 is 34.4 Å². The first-order valence-electron chi connectivity index (χ1n) is 17.2. The number of nitrogens with zero attached hydrogens (tertiary/aromatic N) is 2. The second kappa shape index (κ2) is 10.9. The van der Waals surface area contributed by atoms with Crippen molar-refractivity contribution in [3.05, 3.63) is 155 Å². The molecule has 242 valence electrons. The van der Waals surface area contributed by atoms with Gasteiger partial charge in [-0.3, -0.25) is 0 Å². The van der Waals surface area contributed by atoms with Crippen molar-refractivity contribution >= 4 is 45.4 Å². The molecule has 3 aliphatic carbocycles. The second-order valence-corrected chi connectivity index (χ2v) is 17.4. The second-order valence-electron chi connectivity index (χ2n) is 14.7. The molecule has 0 saturated heterocycles. The fourth-order valence-electron chi connectivity index (χ4n) is 8.35. The van der Waals surface area contributed by atoms with Gasteiger partial charge in [0.1, 0.15) is 11.0 Å². The molecular formula is C45H34N2S3. The predicted octanol–water partition coefficient (Wildman–Crippen LogP) is 13.2. The van der Waals surface area contributed by atoms with Crippen molar-refractivity contribution in [1.29, 1.82) is 0 Å². The highest BCUT2D eigenvalue weighted by Crippen LogP contribution is 2.51. The minimum Gasteiger partial charge on any atom is -0.172 e. The van der Waals surface area contributed by atoms with Crippen molar-refractivity contribution in [3.8, 4) is 52.9 Å². The fourth-order valence-corrected chi connectivity index (χ4v) is 11.0. The van der Waals surface area contributed by atoms with Crippen molar-refractivity contribution in [2.24, 2.45) is 0 Å². The summed E-state index contributed by atoms with van der Waals surface area (Å²) in [6.45, 7) is 9.39. The van der Waals surface area contributed by atoms with Crippen LogP contribution < -0.4 is 0 Å². The van der Waals surface area contributed by atoms with Crippen molar-refractivity contribution in [2.75, 3.05) is 0 Å². The molecule has 2 nitrogen and oxygen atoms in total. The van der Waals surface area contributed by atoms with E-state index in [4.69, 9.17) is 8.75 Å². The van der Waals surface area contributed by atoms with Gasteiger partial charge in [0.05, 0.1) is 11.7 Å². The molecule has 0 radical (unpaired) electrons. The summed E-state index contributed by atoms with van der Waals surface area (Å²) in [4.78, 5) is 4.98. The summed E-state index contributed by atoms with van der Waals surface area (Å²) in [5.74, 6) is 0.331. The summed E-state index contributed by atoms with van der Waals surface area (Å²) in [6, 6.07) is 36.4. The topological polar surface area (TPSA) is 25.8 Å². The Kier molecular flexibility index (Phi) is 6.58. The van der Waals surface area contributed by atoms with E-state index in [2.05, 4.69) is 155 Å². The predicted molar refractivity (Wildman–Crippen MR) is 215 cm³/mol. The molecule has 0 fully saturated rings. The van der Waals surface area contributed by atoms with E-state index in [0.717, 1.165) is 22.2 Å². The standard InChI is InChI=1S/C45H34N2S3/c1-44(2)29-10-6-5-9-26(23-29)30-15-13-27(24-36(30)44)38-19-21-40(48-38)33-17-18-34(43-42(33)46-50-47-43)41-22-20-39(49-41)28-14-16-32-31-11-7-8-12-35(31)45(3,4)37(32)25-28/h5-26H,1-4H3. The van der Waals surface area contributed by atoms with E-state index in [1.165, 1.54) is 81.3 Å². The number of hydrogen-bond donors (Lipinski definition) is 0. The molecule has 10 rings (SSSR count). The quantitative estimate of drug-likeness (QED) is 0.183. The van der Waals surface area contributed by atoms with Crippen LogP contribution in [-0.4, -0.2) is 8.75 Å². The summed E-state index contributed by atoms with van der Waals surface area (Å²) in [6.07, 6.45) is 11.4. The first kappa shape index (κ1) is 30.2. The van der Waals surface area contributed by atoms with Crippen molar-refractivity contribution in [1.82, 2.24) is 8.75 Å². The Morgan fingerprint density at radius 2 is 1.14 bits per heavy atom. The van der Waals surface area contributed by atoms with Gasteiger partial charge in [-0.15, -0.1) is 22.7 Å². The number of fused-ring (bicyclic) bond motifs is 7. The molecule has 0 aliphatic heterocycles. The summed E-state index contributed by atoms with van der Waals surface area (Å²) in [5, 5.41) is 0. The maximum Gasteiger partial charge on any atom is 0.114 e. The lowest BCUT2D eigenvalue weighted by Crippen LogP contribution is -2.26. The Hall–Kier alpha value is -4.68. The Morgan fingerprint density at radius 3 is 1.86 bits per heavy atom. The number of aromatic nitrogens is 2. The highest BCUT2D eigenvalue weighted by molar-refractivity contribution is 7.19. The van der Waals surface area contributed by atoms with Crippen LogP contribution in [0.2, 0.25) is 0 Å². The highest BCUT2D eigenvalue weighted by Gasteiger charge is 2.36. The van der Waals surface area contributed by atoms with E-state index < -0.39 is 0 Å². The van der Waals surface area contributed by atoms with Gasteiger partial charge in [-0.1, -0.05) is 119 Å². The van der Waals surface area contributed by atoms with Crippen LogP contribution in [-0.2, 0) is 10.8 Å². The van der Waals surface area contributed by atoms with Gasteiger partial charge in [0.15, 0.2) is 0 Å². The molecule has 0 N–H and O–H groups in total. The number of allylic oxidation sites excluding steroid dienone is 6. The van der Waals surface area contributed by atoms with E-state index in [0.29, 0.717) is 5.92 Å². The molecule has 3 aromatic heterocycles. The molecule has 50 heavy (non-hydrogen) atoms. The van der Waals surface area contributed by atoms with Gasteiger partial charge in [0, 0.05) is 47.4 Å². The van der Waals surface area contributed by atoms with E-state index in [-0.39, 0.29) is 10.8 Å². The molecule has 4 aromatic carbocycles. The van der Waals surface area contributed by atoms with Gasteiger partial charge < -0.3 is 0 Å². The third-order valence-corrected chi connectivity index (χ3v) is 14.0. The van der Waals surface area contributed by atoms with Gasteiger partial charge in [0.2, 0.25) is 0 Å². The normalized spacial score (nSPS) is 17.7. The Bertz CT molecular complexity index is 2620. The first-order valence-corrected chi connectivity index (χ1v) is 19.6. The maximum absolute atomic E-state index is 4.84. The minimum atomic E-state index is -0.0383. The van der Waals surface area contributed by atoms with Gasteiger partial charge in [0.25, 0.3) is 0 Å².